The Balaban J connectivity index is 1.82. The molecule has 0 aliphatic rings. The molecule has 0 bridgehead atoms. The highest BCUT2D eigenvalue weighted by Gasteiger charge is 2.25. The van der Waals surface area contributed by atoms with Gasteiger partial charge in [0.15, 0.2) is 0 Å². The van der Waals surface area contributed by atoms with Crippen molar-refractivity contribution >= 4 is 23.9 Å². The molecule has 0 radical (unpaired) electrons. The predicted octanol–water partition coefficient (Wildman–Crippen LogP) is 4.34. The lowest BCUT2D eigenvalue weighted by Crippen LogP contribution is -2.26. The van der Waals surface area contributed by atoms with Gasteiger partial charge in [-0.15, -0.1) is 0 Å². The van der Waals surface area contributed by atoms with Crippen LogP contribution >= 0.6 is 0 Å². The topological polar surface area (TPSA) is 72.5 Å². The summed E-state index contributed by atoms with van der Waals surface area (Å²) in [7, 11) is 0. The number of hydrogen-bond donors (Lipinski definition) is 1. The van der Waals surface area contributed by atoms with E-state index in [-0.39, 0.29) is 5.56 Å². The van der Waals surface area contributed by atoms with E-state index in [1.807, 2.05) is 25.1 Å². The molecule has 0 aliphatic heterocycles. The van der Waals surface area contributed by atoms with Crippen molar-refractivity contribution in [1.82, 2.24) is 0 Å². The summed E-state index contributed by atoms with van der Waals surface area (Å²) in [5, 5.41) is 2.78. The number of anilines is 1. The van der Waals surface area contributed by atoms with Crippen molar-refractivity contribution in [3.63, 3.8) is 0 Å². The van der Waals surface area contributed by atoms with E-state index in [1.54, 1.807) is 36.4 Å². The standard InChI is InChI=1S/C23H19NO4/c1-16-7-13-20(14-8-16)24-22(26)21(18-5-3-2-4-6-18)28-23(27)19-11-9-17(15-25)10-12-19/h2-15,21H,1H3,(H,24,26)/t21-/m0/s1. The Labute approximate surface area is 163 Å². The van der Waals surface area contributed by atoms with Crippen LogP contribution in [0.4, 0.5) is 5.69 Å². The van der Waals surface area contributed by atoms with Crippen molar-refractivity contribution in [1.29, 1.82) is 0 Å². The number of benzene rings is 3. The molecule has 0 aliphatic carbocycles. The molecule has 0 saturated carbocycles. The molecule has 0 fully saturated rings. The molecule has 0 saturated heterocycles. The summed E-state index contributed by atoms with van der Waals surface area (Å²) in [6.45, 7) is 1.95. The maximum atomic E-state index is 12.8. The Morgan fingerprint density at radius 3 is 2.14 bits per heavy atom. The minimum absolute atomic E-state index is 0.259. The van der Waals surface area contributed by atoms with Gasteiger partial charge >= 0.3 is 5.97 Å². The third kappa shape index (κ3) is 4.71. The number of nitrogens with one attached hydrogen (secondary N) is 1. The molecule has 1 N–H and O–H groups in total. The first-order valence-electron chi connectivity index (χ1n) is 8.75. The number of carbonyl (C=O) groups is 3. The first-order valence-corrected chi connectivity index (χ1v) is 8.75. The minimum atomic E-state index is -1.11. The second-order valence-corrected chi connectivity index (χ2v) is 6.29. The van der Waals surface area contributed by atoms with Crippen molar-refractivity contribution in [2.75, 3.05) is 5.32 Å². The molecule has 0 unspecified atom stereocenters. The molecule has 0 spiro atoms. The van der Waals surface area contributed by atoms with Gasteiger partial charge in [0.25, 0.3) is 5.91 Å². The monoisotopic (exact) mass is 373 g/mol. The van der Waals surface area contributed by atoms with Crippen LogP contribution in [0.25, 0.3) is 0 Å². The lowest BCUT2D eigenvalue weighted by molar-refractivity contribution is -0.125. The van der Waals surface area contributed by atoms with Crippen LogP contribution in [-0.2, 0) is 9.53 Å². The molecule has 5 nitrogen and oxygen atoms in total. The zero-order valence-corrected chi connectivity index (χ0v) is 15.3. The fraction of sp³-hybridized carbons (Fsp3) is 0.0870. The number of aldehydes is 1. The lowest BCUT2D eigenvalue weighted by atomic mass is 10.1. The molecular weight excluding hydrogens is 354 g/mol. The van der Waals surface area contributed by atoms with Gasteiger partial charge in [-0.05, 0) is 31.2 Å². The summed E-state index contributed by atoms with van der Waals surface area (Å²) in [6.07, 6.45) is -0.419. The predicted molar refractivity (Wildman–Crippen MR) is 106 cm³/mol. The van der Waals surface area contributed by atoms with E-state index in [0.29, 0.717) is 23.1 Å². The average Bonchev–Trinajstić information content (AvgIpc) is 2.74. The maximum Gasteiger partial charge on any atom is 0.339 e. The summed E-state index contributed by atoms with van der Waals surface area (Å²) >= 11 is 0. The summed E-state index contributed by atoms with van der Waals surface area (Å²) in [4.78, 5) is 36.1. The maximum absolute atomic E-state index is 12.8. The summed E-state index contributed by atoms with van der Waals surface area (Å²) in [5.41, 5.74) is 2.96. The number of aryl methyl sites for hydroxylation is 1. The second kappa shape index (κ2) is 8.77. The van der Waals surface area contributed by atoms with Crippen molar-refractivity contribution < 1.29 is 19.1 Å². The molecule has 0 heterocycles. The third-order valence-electron chi connectivity index (χ3n) is 4.17. The van der Waals surface area contributed by atoms with Gasteiger partial charge in [-0.3, -0.25) is 9.59 Å². The molecule has 3 aromatic rings. The Kier molecular flexibility index (Phi) is 5.97. The zero-order valence-electron chi connectivity index (χ0n) is 15.3. The van der Waals surface area contributed by atoms with Crippen molar-refractivity contribution in [2.45, 2.75) is 13.0 Å². The smallest absolute Gasteiger partial charge is 0.339 e. The Hall–Kier alpha value is -3.73. The number of amides is 1. The largest absolute Gasteiger partial charge is 0.444 e. The molecule has 28 heavy (non-hydrogen) atoms. The van der Waals surface area contributed by atoms with E-state index in [2.05, 4.69) is 5.32 Å². The van der Waals surface area contributed by atoms with Crippen LogP contribution in [0.1, 0.15) is 37.9 Å². The Morgan fingerprint density at radius 1 is 0.893 bits per heavy atom. The summed E-state index contributed by atoms with van der Waals surface area (Å²) in [5.74, 6) is -1.10. The van der Waals surface area contributed by atoms with E-state index in [0.717, 1.165) is 5.56 Å². The highest BCUT2D eigenvalue weighted by molar-refractivity contribution is 5.98. The molecule has 3 rings (SSSR count). The quantitative estimate of drug-likeness (QED) is 0.515. The van der Waals surface area contributed by atoms with Gasteiger partial charge in [0.1, 0.15) is 6.29 Å². The molecular formula is C23H19NO4. The van der Waals surface area contributed by atoms with Crippen molar-refractivity contribution in [3.8, 4) is 0 Å². The van der Waals surface area contributed by atoms with Crippen molar-refractivity contribution in [3.05, 3.63) is 101 Å². The first-order chi connectivity index (χ1) is 13.6. The summed E-state index contributed by atoms with van der Waals surface area (Å²) in [6, 6.07) is 22.2. The second-order valence-electron chi connectivity index (χ2n) is 6.29. The van der Waals surface area contributed by atoms with Gasteiger partial charge in [0.2, 0.25) is 6.10 Å². The third-order valence-corrected chi connectivity index (χ3v) is 4.17. The van der Waals surface area contributed by atoms with E-state index in [9.17, 15) is 14.4 Å². The molecule has 3 aromatic carbocycles. The van der Waals surface area contributed by atoms with Gasteiger partial charge in [-0.1, -0.05) is 60.2 Å². The Morgan fingerprint density at radius 2 is 1.54 bits per heavy atom. The number of esters is 1. The van der Waals surface area contributed by atoms with Crippen LogP contribution in [0.3, 0.4) is 0 Å². The lowest BCUT2D eigenvalue weighted by Gasteiger charge is -2.18. The molecule has 140 valence electrons. The zero-order chi connectivity index (χ0) is 19.9. The SMILES string of the molecule is Cc1ccc(NC(=O)[C@@H](OC(=O)c2ccc(C=O)cc2)c2ccccc2)cc1. The number of rotatable bonds is 6. The highest BCUT2D eigenvalue weighted by Crippen LogP contribution is 2.22. The normalized spacial score (nSPS) is 11.3. The fourth-order valence-corrected chi connectivity index (χ4v) is 2.62. The minimum Gasteiger partial charge on any atom is -0.444 e. The van der Waals surface area contributed by atoms with Crippen LogP contribution in [0.2, 0.25) is 0 Å². The average molecular weight is 373 g/mol. The van der Waals surface area contributed by atoms with Gasteiger partial charge < -0.3 is 10.1 Å². The molecule has 5 heteroatoms. The number of carbonyl (C=O) groups excluding carboxylic acids is 3. The van der Waals surface area contributed by atoms with Gasteiger partial charge in [0, 0.05) is 16.8 Å². The van der Waals surface area contributed by atoms with Crippen molar-refractivity contribution in [2.24, 2.45) is 0 Å². The van der Waals surface area contributed by atoms with Crippen LogP contribution in [-0.4, -0.2) is 18.2 Å². The fourth-order valence-electron chi connectivity index (χ4n) is 2.62. The Bertz CT molecular complexity index is 964. The highest BCUT2D eigenvalue weighted by atomic mass is 16.5. The van der Waals surface area contributed by atoms with Gasteiger partial charge in [-0.2, -0.15) is 0 Å². The first kappa shape index (κ1) is 19.0. The van der Waals surface area contributed by atoms with Crippen LogP contribution in [0.5, 0.6) is 0 Å². The summed E-state index contributed by atoms with van der Waals surface area (Å²) < 4.78 is 5.51. The van der Waals surface area contributed by atoms with E-state index >= 15 is 0 Å². The number of hydrogen-bond acceptors (Lipinski definition) is 4. The number of ether oxygens (including phenoxy) is 1. The van der Waals surface area contributed by atoms with E-state index in [1.165, 1.54) is 24.3 Å². The van der Waals surface area contributed by atoms with Crippen LogP contribution < -0.4 is 5.32 Å². The van der Waals surface area contributed by atoms with Gasteiger partial charge in [0.05, 0.1) is 5.56 Å². The molecule has 0 aromatic heterocycles. The molecule has 1 atom stereocenters. The van der Waals surface area contributed by atoms with E-state index < -0.39 is 18.0 Å². The molecule has 1 amide bonds. The van der Waals surface area contributed by atoms with Gasteiger partial charge in [-0.25, -0.2) is 4.79 Å². The van der Waals surface area contributed by atoms with Crippen LogP contribution in [0, 0.1) is 6.92 Å². The van der Waals surface area contributed by atoms with E-state index in [4.69, 9.17) is 4.74 Å². The van der Waals surface area contributed by atoms with Crippen LogP contribution in [0.15, 0.2) is 78.9 Å².